The van der Waals surface area contributed by atoms with Gasteiger partial charge in [0.25, 0.3) is 0 Å². The summed E-state index contributed by atoms with van der Waals surface area (Å²) in [4.78, 5) is 15.7. The number of hydrogen-bond donors (Lipinski definition) is 2. The van der Waals surface area contributed by atoms with Crippen LogP contribution in [0.2, 0.25) is 10.0 Å². The zero-order valence-electron chi connectivity index (χ0n) is 12.0. The number of nitrogens with zero attached hydrogens (tertiary/aromatic N) is 2. The second-order valence-electron chi connectivity index (χ2n) is 5.10. The van der Waals surface area contributed by atoms with E-state index in [2.05, 4.69) is 10.6 Å². The maximum Gasteiger partial charge on any atom is 0.428 e. The van der Waals surface area contributed by atoms with Crippen molar-refractivity contribution in [2.45, 2.75) is 11.8 Å². The third-order valence-corrected chi connectivity index (χ3v) is 3.88. The normalized spacial score (nSPS) is 20.3. The monoisotopic (exact) mass is 393 g/mol. The van der Waals surface area contributed by atoms with Gasteiger partial charge in [0.2, 0.25) is 5.60 Å². The number of hydroxylamine groups is 1. The third kappa shape index (κ3) is 3.06. The molecule has 11 heteroatoms. The van der Waals surface area contributed by atoms with Crippen LogP contribution in [0.15, 0.2) is 36.7 Å². The zero-order valence-corrected chi connectivity index (χ0v) is 13.5. The van der Waals surface area contributed by atoms with Crippen molar-refractivity contribution in [2.75, 3.05) is 0 Å². The van der Waals surface area contributed by atoms with Crippen molar-refractivity contribution in [2.24, 2.45) is 0 Å². The van der Waals surface area contributed by atoms with Gasteiger partial charge in [-0.05, 0) is 18.2 Å². The second kappa shape index (κ2) is 5.94. The number of hydrogen-bond acceptors (Lipinski definition) is 4. The predicted molar refractivity (Wildman–Crippen MR) is 81.9 cm³/mol. The van der Waals surface area contributed by atoms with Crippen molar-refractivity contribution >= 4 is 35.0 Å². The van der Waals surface area contributed by atoms with Gasteiger partial charge in [-0.25, -0.2) is 19.8 Å². The van der Waals surface area contributed by atoms with Gasteiger partial charge in [-0.2, -0.15) is 18.3 Å². The lowest BCUT2D eigenvalue weighted by Crippen LogP contribution is -2.42. The Hall–Kier alpha value is -2.23. The Labute approximate surface area is 148 Å². The average Bonchev–Trinajstić information content (AvgIpc) is 3.13. The minimum atomic E-state index is -4.86. The Morgan fingerprint density at radius 1 is 1.28 bits per heavy atom. The fraction of sp³-hybridized carbons (Fsp3) is 0.143. The van der Waals surface area contributed by atoms with Crippen LogP contribution in [-0.4, -0.2) is 27.0 Å². The molecule has 1 aromatic carbocycles. The van der Waals surface area contributed by atoms with Crippen molar-refractivity contribution in [3.63, 3.8) is 0 Å². The van der Waals surface area contributed by atoms with Gasteiger partial charge in [-0.1, -0.05) is 23.2 Å². The Bertz CT molecular complexity index is 861. The molecular weight excluding hydrogens is 386 g/mol. The van der Waals surface area contributed by atoms with Gasteiger partial charge in [0.1, 0.15) is 0 Å². The quantitative estimate of drug-likeness (QED) is 0.831. The summed E-state index contributed by atoms with van der Waals surface area (Å²) in [6, 6.07) is 3.44. The fourth-order valence-electron chi connectivity index (χ4n) is 2.28. The fourth-order valence-corrected chi connectivity index (χ4v) is 2.80. The molecule has 1 aliphatic heterocycles. The van der Waals surface area contributed by atoms with E-state index in [4.69, 9.17) is 33.1 Å². The minimum absolute atomic E-state index is 0.00354. The van der Waals surface area contributed by atoms with E-state index in [1.54, 1.807) is 0 Å². The number of carboxylic acids is 1. The lowest BCUT2D eigenvalue weighted by molar-refractivity contribution is -0.269. The maximum atomic E-state index is 13.8. The maximum absolute atomic E-state index is 13.8. The number of aromatic nitrogens is 2. The number of rotatable bonds is 3. The van der Waals surface area contributed by atoms with Gasteiger partial charge in [0.05, 0.1) is 11.8 Å². The standard InChI is InChI=1S/C14H8Cl2F3N3O3/c15-9-1-8(2-10(16)3-9)13(14(17,18)19)4-11(21-25-13)22-6-7(5-20-22)12(23)24/h1-6,21H,(H,23,24). The van der Waals surface area contributed by atoms with Gasteiger partial charge in [0, 0.05) is 27.9 Å². The highest BCUT2D eigenvalue weighted by atomic mass is 35.5. The van der Waals surface area contributed by atoms with Crippen LogP contribution in [0.3, 0.4) is 0 Å². The van der Waals surface area contributed by atoms with Crippen molar-refractivity contribution in [1.29, 1.82) is 0 Å². The molecule has 0 bridgehead atoms. The molecule has 25 heavy (non-hydrogen) atoms. The molecule has 0 spiro atoms. The summed E-state index contributed by atoms with van der Waals surface area (Å²) in [5.41, 5.74) is -1.28. The molecule has 2 aromatic rings. The van der Waals surface area contributed by atoms with E-state index in [9.17, 15) is 18.0 Å². The summed E-state index contributed by atoms with van der Waals surface area (Å²) in [6.07, 6.45) is -2.09. The second-order valence-corrected chi connectivity index (χ2v) is 5.98. The van der Waals surface area contributed by atoms with Gasteiger partial charge < -0.3 is 5.11 Å². The molecule has 1 aromatic heterocycles. The molecule has 0 fully saturated rings. The average molecular weight is 394 g/mol. The van der Waals surface area contributed by atoms with Crippen LogP contribution in [0.5, 0.6) is 0 Å². The summed E-state index contributed by atoms with van der Waals surface area (Å²) in [7, 11) is 0. The molecule has 0 amide bonds. The molecule has 2 heterocycles. The Morgan fingerprint density at radius 2 is 1.92 bits per heavy atom. The topological polar surface area (TPSA) is 76.4 Å². The SMILES string of the molecule is O=C(O)c1cnn(C2=CC(c3cc(Cl)cc(Cl)c3)(C(F)(F)F)ON2)c1. The number of carbonyl (C=O) groups is 1. The van der Waals surface area contributed by atoms with Crippen LogP contribution >= 0.6 is 23.2 Å². The van der Waals surface area contributed by atoms with E-state index in [1.165, 1.54) is 6.07 Å². The first kappa shape index (κ1) is 17.6. The first-order valence-electron chi connectivity index (χ1n) is 6.61. The number of halogens is 5. The zero-order chi connectivity index (χ0) is 18.4. The van der Waals surface area contributed by atoms with E-state index >= 15 is 0 Å². The molecular formula is C14H8Cl2F3N3O3. The molecule has 1 unspecified atom stereocenters. The third-order valence-electron chi connectivity index (χ3n) is 3.45. The Morgan fingerprint density at radius 3 is 2.44 bits per heavy atom. The summed E-state index contributed by atoms with van der Waals surface area (Å²) in [5, 5.41) is 12.6. The van der Waals surface area contributed by atoms with Crippen LogP contribution in [0.4, 0.5) is 13.2 Å². The molecule has 6 nitrogen and oxygen atoms in total. The molecule has 0 saturated heterocycles. The predicted octanol–water partition coefficient (Wildman–Crippen LogP) is 3.68. The molecule has 0 aliphatic carbocycles. The smallest absolute Gasteiger partial charge is 0.428 e. The summed E-state index contributed by atoms with van der Waals surface area (Å²) < 4.78 is 42.2. The highest BCUT2D eigenvalue weighted by Gasteiger charge is 2.60. The van der Waals surface area contributed by atoms with Crippen molar-refractivity contribution < 1.29 is 27.9 Å². The highest BCUT2D eigenvalue weighted by molar-refractivity contribution is 6.34. The van der Waals surface area contributed by atoms with Crippen molar-refractivity contribution in [3.8, 4) is 0 Å². The first-order chi connectivity index (χ1) is 11.6. The van der Waals surface area contributed by atoms with Crippen LogP contribution in [-0.2, 0) is 10.4 Å². The van der Waals surface area contributed by atoms with Crippen LogP contribution in [0.25, 0.3) is 5.82 Å². The molecule has 1 aliphatic rings. The summed E-state index contributed by atoms with van der Waals surface area (Å²) in [6.45, 7) is 0. The lowest BCUT2D eigenvalue weighted by atomic mass is 9.93. The largest absolute Gasteiger partial charge is 0.478 e. The van der Waals surface area contributed by atoms with Crippen LogP contribution in [0.1, 0.15) is 15.9 Å². The lowest BCUT2D eigenvalue weighted by Gasteiger charge is -2.28. The molecule has 2 N–H and O–H groups in total. The van der Waals surface area contributed by atoms with E-state index in [1.807, 2.05) is 0 Å². The van der Waals surface area contributed by atoms with Gasteiger partial charge >= 0.3 is 12.1 Å². The molecule has 3 rings (SSSR count). The number of alkyl halides is 3. The highest BCUT2D eigenvalue weighted by Crippen LogP contribution is 2.47. The molecule has 0 radical (unpaired) electrons. The molecule has 1 atom stereocenters. The number of nitrogens with one attached hydrogen (secondary N) is 1. The molecule has 132 valence electrons. The number of aromatic carboxylic acids is 1. The van der Waals surface area contributed by atoms with Gasteiger partial charge in [-0.3, -0.25) is 0 Å². The van der Waals surface area contributed by atoms with Crippen molar-refractivity contribution in [1.82, 2.24) is 15.3 Å². The van der Waals surface area contributed by atoms with E-state index in [-0.39, 0.29) is 27.0 Å². The van der Waals surface area contributed by atoms with E-state index < -0.39 is 17.7 Å². The van der Waals surface area contributed by atoms with Gasteiger partial charge in [-0.15, -0.1) is 0 Å². The number of benzene rings is 1. The van der Waals surface area contributed by atoms with E-state index in [0.29, 0.717) is 0 Å². The van der Waals surface area contributed by atoms with Crippen molar-refractivity contribution in [3.05, 3.63) is 57.8 Å². The Balaban J connectivity index is 2.11. The number of carboxylic acid groups (broad SMARTS) is 1. The summed E-state index contributed by atoms with van der Waals surface area (Å²) >= 11 is 11.6. The minimum Gasteiger partial charge on any atom is -0.478 e. The molecule has 0 saturated carbocycles. The van der Waals surface area contributed by atoms with Crippen LogP contribution in [0, 0.1) is 0 Å². The first-order valence-corrected chi connectivity index (χ1v) is 7.36. The van der Waals surface area contributed by atoms with E-state index in [0.717, 1.165) is 35.3 Å². The Kier molecular flexibility index (Phi) is 4.18. The van der Waals surface area contributed by atoms with Gasteiger partial charge in [0.15, 0.2) is 5.82 Å². The summed E-state index contributed by atoms with van der Waals surface area (Å²) in [5.74, 6) is -1.48. The van der Waals surface area contributed by atoms with Crippen LogP contribution < -0.4 is 5.48 Å².